The number of carbonyl (C=O) groups excluding carboxylic acids is 2. The lowest BCUT2D eigenvalue weighted by molar-refractivity contribution is -0.126. The zero-order valence-corrected chi connectivity index (χ0v) is 20.6. The van der Waals surface area contributed by atoms with Crippen molar-refractivity contribution in [2.75, 3.05) is 26.2 Å². The highest BCUT2D eigenvalue weighted by Crippen LogP contribution is 2.33. The molecular formula is C24H30BF3N4O5. The highest BCUT2D eigenvalue weighted by Gasteiger charge is 2.44. The Hall–Kier alpha value is -3.08. The van der Waals surface area contributed by atoms with E-state index in [1.54, 1.807) is 50.2 Å². The van der Waals surface area contributed by atoms with Crippen LogP contribution in [-0.4, -0.2) is 94.8 Å². The molecule has 2 amide bonds. The van der Waals surface area contributed by atoms with Crippen LogP contribution in [0.25, 0.3) is 0 Å². The molecule has 13 heteroatoms. The fourth-order valence-electron chi connectivity index (χ4n) is 4.42. The van der Waals surface area contributed by atoms with Crippen LogP contribution in [0.5, 0.6) is 0 Å². The first-order valence-electron chi connectivity index (χ1n) is 11.9. The van der Waals surface area contributed by atoms with E-state index in [1.165, 1.54) is 11.0 Å². The fourth-order valence-corrected chi connectivity index (χ4v) is 4.42. The van der Waals surface area contributed by atoms with Crippen LogP contribution in [0.3, 0.4) is 0 Å². The van der Waals surface area contributed by atoms with Crippen LogP contribution in [0.4, 0.5) is 18.0 Å². The molecular weight excluding hydrogens is 492 g/mol. The molecule has 3 N–H and O–H groups in total. The van der Waals surface area contributed by atoms with Crippen molar-refractivity contribution in [3.63, 3.8) is 0 Å². The van der Waals surface area contributed by atoms with E-state index in [1.807, 2.05) is 0 Å². The van der Waals surface area contributed by atoms with Crippen molar-refractivity contribution in [2.24, 2.45) is 0 Å². The van der Waals surface area contributed by atoms with Gasteiger partial charge in [0.15, 0.2) is 12.3 Å². The number of alkyl halides is 3. The van der Waals surface area contributed by atoms with Gasteiger partial charge >= 0.3 is 13.2 Å². The average Bonchev–Trinajstić information content (AvgIpc) is 3.39. The number of nitrogens with one attached hydrogen (secondary N) is 1. The Kier molecular flexibility index (Phi) is 8.89. The maximum absolute atomic E-state index is 14.6. The number of ether oxygens (including phenoxy) is 1. The predicted molar refractivity (Wildman–Crippen MR) is 128 cm³/mol. The quantitative estimate of drug-likeness (QED) is 0.268. The number of amides is 2. The molecule has 2 fully saturated rings. The Balaban J connectivity index is 1.61. The Morgan fingerprint density at radius 1 is 1.32 bits per heavy atom. The number of carbonyl (C=O) groups is 2. The van der Waals surface area contributed by atoms with Crippen LogP contribution in [0.15, 0.2) is 42.0 Å². The van der Waals surface area contributed by atoms with Crippen molar-refractivity contribution in [1.82, 2.24) is 15.1 Å². The van der Waals surface area contributed by atoms with Gasteiger partial charge in [0.05, 0.1) is 25.6 Å². The molecule has 9 nitrogen and oxygen atoms in total. The third kappa shape index (κ3) is 7.47. The normalized spacial score (nSPS) is 22.9. The fraction of sp³-hybridized carbons (Fsp3) is 0.542. The molecule has 2 aliphatic heterocycles. The molecule has 0 saturated carbocycles. The molecule has 1 aromatic carbocycles. The summed E-state index contributed by atoms with van der Waals surface area (Å²) < 4.78 is 47.1. The molecule has 2 heterocycles. The molecule has 0 bridgehead atoms. The van der Waals surface area contributed by atoms with Crippen LogP contribution in [0.1, 0.15) is 25.8 Å². The number of benzene rings is 1. The lowest BCUT2D eigenvalue weighted by Gasteiger charge is -2.33. The third-order valence-corrected chi connectivity index (χ3v) is 6.54. The van der Waals surface area contributed by atoms with Crippen molar-refractivity contribution in [3.05, 3.63) is 47.5 Å². The molecule has 0 aliphatic carbocycles. The highest BCUT2D eigenvalue weighted by atomic mass is 19.3. The summed E-state index contributed by atoms with van der Waals surface area (Å²) in [6, 6.07) is 10.5. The first-order valence-corrected chi connectivity index (χ1v) is 11.9. The van der Waals surface area contributed by atoms with Crippen LogP contribution < -0.4 is 5.32 Å². The van der Waals surface area contributed by atoms with E-state index in [4.69, 9.17) is 4.74 Å². The van der Waals surface area contributed by atoms with E-state index in [9.17, 15) is 38.1 Å². The number of alkyl carbamates (subject to hydrolysis) is 1. The zero-order chi connectivity index (χ0) is 27.4. The van der Waals surface area contributed by atoms with Gasteiger partial charge in [-0.15, -0.1) is 0 Å². The Labute approximate surface area is 213 Å². The van der Waals surface area contributed by atoms with E-state index in [0.29, 0.717) is 0 Å². The lowest BCUT2D eigenvalue weighted by Crippen LogP contribution is -2.49. The van der Waals surface area contributed by atoms with Gasteiger partial charge in [-0.05, 0) is 31.9 Å². The molecule has 0 spiro atoms. The number of nitriles is 1. The van der Waals surface area contributed by atoms with E-state index in [-0.39, 0.29) is 31.5 Å². The molecule has 1 aromatic rings. The van der Waals surface area contributed by atoms with E-state index in [0.717, 1.165) is 10.5 Å². The van der Waals surface area contributed by atoms with Gasteiger partial charge in [-0.3, -0.25) is 9.69 Å². The first kappa shape index (κ1) is 28.5. The molecule has 37 heavy (non-hydrogen) atoms. The van der Waals surface area contributed by atoms with Gasteiger partial charge in [0.1, 0.15) is 11.6 Å². The van der Waals surface area contributed by atoms with Crippen molar-refractivity contribution >= 4 is 19.1 Å². The van der Waals surface area contributed by atoms with Crippen LogP contribution in [0, 0.1) is 11.3 Å². The number of hydrogen-bond donors (Lipinski definition) is 3. The number of nitrogens with zero attached hydrogens (tertiary/aromatic N) is 3. The van der Waals surface area contributed by atoms with Crippen molar-refractivity contribution in [3.8, 4) is 6.07 Å². The Morgan fingerprint density at radius 3 is 2.57 bits per heavy atom. The van der Waals surface area contributed by atoms with Gasteiger partial charge in [-0.2, -0.15) is 5.26 Å². The predicted octanol–water partition coefficient (Wildman–Crippen LogP) is 1.45. The van der Waals surface area contributed by atoms with Gasteiger partial charge in [0.2, 0.25) is 0 Å². The van der Waals surface area contributed by atoms with Gasteiger partial charge in [0.25, 0.3) is 11.8 Å². The largest absolute Gasteiger partial charge is 0.475 e. The average molecular weight is 522 g/mol. The molecule has 2 aliphatic rings. The maximum atomic E-state index is 14.6. The van der Waals surface area contributed by atoms with Gasteiger partial charge in [-0.1, -0.05) is 30.3 Å². The number of hydrogen-bond acceptors (Lipinski definition) is 7. The molecule has 200 valence electrons. The summed E-state index contributed by atoms with van der Waals surface area (Å²) in [6.45, 7) is 2.04. The second-order valence-electron chi connectivity index (χ2n) is 9.88. The summed E-state index contributed by atoms with van der Waals surface area (Å²) in [5.41, 5.74) is -0.633. The van der Waals surface area contributed by atoms with E-state index in [2.05, 4.69) is 5.32 Å². The SMILES string of the molecule is CC(C)(C=C(C#N)C(=O)N1C[C@@H](F)[C@@H](OC(=O)NC(Cc2ccccc2)B(O)O)C1)N1CCC(F)(F)C1. The molecule has 0 radical (unpaired) electrons. The topological polar surface area (TPSA) is 126 Å². The minimum Gasteiger partial charge on any atom is -0.441 e. The van der Waals surface area contributed by atoms with Crippen LogP contribution >= 0.6 is 0 Å². The third-order valence-electron chi connectivity index (χ3n) is 6.54. The summed E-state index contributed by atoms with van der Waals surface area (Å²) in [4.78, 5) is 27.8. The van der Waals surface area contributed by atoms with Crippen molar-refractivity contribution in [2.45, 2.75) is 56.4 Å². The van der Waals surface area contributed by atoms with Crippen molar-refractivity contribution in [1.29, 1.82) is 5.26 Å². The van der Waals surface area contributed by atoms with Crippen molar-refractivity contribution < 1.29 is 37.5 Å². The monoisotopic (exact) mass is 522 g/mol. The smallest absolute Gasteiger partial charge is 0.441 e. The first-order chi connectivity index (χ1) is 17.3. The molecule has 2 saturated heterocycles. The summed E-state index contributed by atoms with van der Waals surface area (Å²) in [5.74, 6) is -4.78. The summed E-state index contributed by atoms with van der Waals surface area (Å²) in [5, 5.41) is 31.1. The molecule has 0 aromatic heterocycles. The number of halogens is 3. The molecule has 3 rings (SSSR count). The van der Waals surface area contributed by atoms with Gasteiger partial charge in [-0.25, -0.2) is 18.0 Å². The number of likely N-dealkylation sites (tertiary alicyclic amines) is 2. The molecule has 1 unspecified atom stereocenters. The van der Waals surface area contributed by atoms with E-state index >= 15 is 0 Å². The minimum absolute atomic E-state index is 0.0804. The van der Waals surface area contributed by atoms with Crippen LogP contribution in [0.2, 0.25) is 0 Å². The van der Waals surface area contributed by atoms with Gasteiger partial charge in [0, 0.05) is 18.5 Å². The zero-order valence-electron chi connectivity index (χ0n) is 20.6. The highest BCUT2D eigenvalue weighted by molar-refractivity contribution is 6.43. The number of rotatable bonds is 8. The van der Waals surface area contributed by atoms with Crippen LogP contribution in [-0.2, 0) is 16.0 Å². The second kappa shape index (κ2) is 11.5. The van der Waals surface area contributed by atoms with E-state index < -0.39 is 61.9 Å². The summed E-state index contributed by atoms with van der Waals surface area (Å²) in [6.07, 6.45) is -3.13. The molecule has 3 atom stereocenters. The maximum Gasteiger partial charge on any atom is 0.475 e. The second-order valence-corrected chi connectivity index (χ2v) is 9.88. The summed E-state index contributed by atoms with van der Waals surface area (Å²) in [7, 11) is -1.90. The lowest BCUT2D eigenvalue weighted by atomic mass is 9.76. The van der Waals surface area contributed by atoms with Gasteiger partial charge < -0.3 is 25.0 Å². The minimum atomic E-state index is -2.85. The summed E-state index contributed by atoms with van der Waals surface area (Å²) >= 11 is 0. The Morgan fingerprint density at radius 2 is 2.00 bits per heavy atom. The Bertz CT molecular complexity index is 1050. The standard InChI is InChI=1S/C24H30BF3N4O5/c1-23(2,32-9-8-24(27,28)15-32)11-17(12-29)21(33)31-13-18(26)19(14-31)37-22(34)30-20(25(35)36)10-16-6-4-3-5-7-16/h3-7,11,18-20,35-36H,8-10,13-15H2,1-2H3,(H,30,34)/t18-,19+,20?/m1/s1.